The molecule has 0 amide bonds. The number of carbonyl (C=O) groups excluding carboxylic acids is 1. The summed E-state index contributed by atoms with van der Waals surface area (Å²) in [5.41, 5.74) is 11.0. The second kappa shape index (κ2) is 16.2. The number of hydrogen-bond acceptors (Lipinski definition) is 14. The summed E-state index contributed by atoms with van der Waals surface area (Å²) in [7, 11) is 0. The van der Waals surface area contributed by atoms with Crippen LogP contribution in [0.25, 0.3) is 11.0 Å². The van der Waals surface area contributed by atoms with Crippen molar-refractivity contribution in [3.05, 3.63) is 133 Å². The Labute approximate surface area is 358 Å². The molecule has 6 aliphatic rings. The van der Waals surface area contributed by atoms with Crippen LogP contribution in [-0.4, -0.2) is 75.2 Å². The van der Waals surface area contributed by atoms with Crippen molar-refractivity contribution < 1.29 is 44.2 Å². The highest BCUT2D eigenvalue weighted by atomic mass is 16.6. The van der Waals surface area contributed by atoms with Gasteiger partial charge < -0.3 is 55.8 Å². The van der Waals surface area contributed by atoms with E-state index in [0.29, 0.717) is 49.2 Å². The van der Waals surface area contributed by atoms with Gasteiger partial charge in [-0.05, 0) is 97.9 Å². The summed E-state index contributed by atoms with van der Waals surface area (Å²) in [4.78, 5) is 28.1. The van der Waals surface area contributed by atoms with E-state index in [4.69, 9.17) is 19.6 Å². The van der Waals surface area contributed by atoms with Gasteiger partial charge in [0.2, 0.25) is 0 Å². The Bertz CT molecular complexity index is 2600. The molecule has 6 heterocycles. The molecule has 0 saturated carbocycles. The van der Waals surface area contributed by atoms with E-state index < -0.39 is 66.4 Å². The number of esters is 1. The number of phenolic OH excluding ortho intramolecular Hbond substituents is 2. The number of aromatic hydroxyl groups is 2. The average Bonchev–Trinajstić information content (AvgIpc) is 3.30. The van der Waals surface area contributed by atoms with Crippen molar-refractivity contribution in [3.63, 3.8) is 0 Å². The van der Waals surface area contributed by atoms with E-state index in [9.17, 15) is 35.1 Å². The summed E-state index contributed by atoms with van der Waals surface area (Å²) >= 11 is 0. The van der Waals surface area contributed by atoms with Crippen LogP contribution in [-0.2, 0) is 29.0 Å². The van der Waals surface area contributed by atoms with Crippen LogP contribution in [0, 0.1) is 11.8 Å². The molecular weight excluding hydrogens is 793 g/mol. The van der Waals surface area contributed by atoms with Crippen molar-refractivity contribution in [2.24, 2.45) is 17.6 Å². The van der Waals surface area contributed by atoms with Crippen LogP contribution in [0.4, 0.5) is 0 Å². The molecule has 5 aliphatic heterocycles. The molecule has 1 aromatic heterocycles. The summed E-state index contributed by atoms with van der Waals surface area (Å²) in [5, 5.41) is 65.8. The van der Waals surface area contributed by atoms with Gasteiger partial charge in [0.1, 0.15) is 64.3 Å². The maximum absolute atomic E-state index is 14.2. The molecule has 14 heteroatoms. The zero-order valence-electron chi connectivity index (χ0n) is 35.0. The maximum Gasteiger partial charge on any atom is 0.336 e. The first-order valence-electron chi connectivity index (χ1n) is 21.5. The van der Waals surface area contributed by atoms with Gasteiger partial charge in [-0.2, -0.15) is 0 Å². The number of aliphatic hydroxyl groups is 3. The van der Waals surface area contributed by atoms with Gasteiger partial charge in [-0.3, -0.25) is 10.1 Å². The number of ether oxygens (including phenoxy) is 2. The smallest absolute Gasteiger partial charge is 0.336 e. The fraction of sp³-hybridized carbons (Fsp3) is 0.417. The highest BCUT2D eigenvalue weighted by Gasteiger charge is 2.54. The number of aryl methyl sites for hydroxylation is 1. The molecule has 2 aromatic carbocycles. The first kappa shape index (κ1) is 41.5. The summed E-state index contributed by atoms with van der Waals surface area (Å²) in [6, 6.07) is 6.50. The molecule has 8 unspecified atom stereocenters. The molecule has 62 heavy (non-hydrogen) atoms. The van der Waals surface area contributed by atoms with Crippen LogP contribution >= 0.6 is 0 Å². The van der Waals surface area contributed by atoms with Crippen LogP contribution in [0.2, 0.25) is 0 Å². The standard InChI is InChI=1S/C48H54N4O10/c1-4-25(20-53)47(59)61-37-18-34-42(58)40-36(57)17-31(21-54)60-44(40)41-39-32-11-12-50-45(49)38(32)27(8-7-26-9-10-30(56)16-33(26)35(39)22-55)15-29(48(37,3)62-43(34)41)14-24-13-28-6-5-23(2)52-46(28)51-19-24/h4-6,9-11,13,16-17,19,23,27,29,35,37,39,46,50-56,58H,7-8,12,14-15,18,20-22,49H2,1-3H3. The van der Waals surface area contributed by atoms with Crippen molar-refractivity contribution >= 4 is 16.9 Å². The molecule has 0 radical (unpaired) electrons. The highest BCUT2D eigenvalue weighted by molar-refractivity contribution is 5.92. The number of hydrogen-bond donors (Lipinski definition) is 9. The lowest BCUT2D eigenvalue weighted by molar-refractivity contribution is -0.166. The predicted molar refractivity (Wildman–Crippen MR) is 231 cm³/mol. The van der Waals surface area contributed by atoms with Crippen LogP contribution in [0.15, 0.2) is 104 Å². The maximum atomic E-state index is 14.2. The Balaban J connectivity index is 1.37. The average molecular weight is 847 g/mol. The molecule has 14 nitrogen and oxygen atoms in total. The predicted octanol–water partition coefficient (Wildman–Crippen LogP) is 4.06. The Morgan fingerprint density at radius 1 is 1.16 bits per heavy atom. The quantitative estimate of drug-likeness (QED) is 0.121. The minimum Gasteiger partial charge on any atom is -0.508 e. The van der Waals surface area contributed by atoms with E-state index in [2.05, 4.69) is 41.1 Å². The Morgan fingerprint density at radius 2 is 1.98 bits per heavy atom. The van der Waals surface area contributed by atoms with Gasteiger partial charge in [-0.25, -0.2) is 4.79 Å². The molecule has 0 fully saturated rings. The zero-order chi connectivity index (χ0) is 43.6. The lowest BCUT2D eigenvalue weighted by Gasteiger charge is -2.50. The van der Waals surface area contributed by atoms with Crippen molar-refractivity contribution in [1.82, 2.24) is 16.0 Å². The molecule has 3 aromatic rings. The fourth-order valence-corrected chi connectivity index (χ4v) is 10.8. The summed E-state index contributed by atoms with van der Waals surface area (Å²) in [6.07, 6.45) is 12.8. The van der Waals surface area contributed by atoms with E-state index in [0.717, 1.165) is 33.9 Å². The lowest BCUT2D eigenvalue weighted by atomic mass is 9.65. The number of phenols is 2. The van der Waals surface area contributed by atoms with Gasteiger partial charge in [-0.1, -0.05) is 36.4 Å². The fourth-order valence-electron chi connectivity index (χ4n) is 10.8. The number of nitrogens with two attached hydrogens (primary N) is 1. The number of carbonyl (C=O) groups is 1. The van der Waals surface area contributed by atoms with E-state index >= 15 is 0 Å². The molecule has 326 valence electrons. The largest absolute Gasteiger partial charge is 0.508 e. The molecule has 0 spiro atoms. The van der Waals surface area contributed by atoms with Gasteiger partial charge in [0.25, 0.3) is 0 Å². The van der Waals surface area contributed by atoms with Gasteiger partial charge in [0.15, 0.2) is 5.43 Å². The van der Waals surface area contributed by atoms with Crippen molar-refractivity contribution in [3.8, 4) is 17.2 Å². The minimum absolute atomic E-state index is 0.0162. The van der Waals surface area contributed by atoms with E-state index in [1.165, 1.54) is 6.08 Å². The molecule has 4 bridgehead atoms. The third kappa shape index (κ3) is 6.89. The first-order valence-corrected chi connectivity index (χ1v) is 21.5. The first-order chi connectivity index (χ1) is 29.9. The molecule has 8 atom stereocenters. The van der Waals surface area contributed by atoms with Gasteiger partial charge in [-0.15, -0.1) is 0 Å². The second-order valence-electron chi connectivity index (χ2n) is 17.5. The topological polar surface area (TPSA) is 229 Å². The molecule has 0 saturated heterocycles. The summed E-state index contributed by atoms with van der Waals surface area (Å²) in [5.74, 6) is -2.80. The third-order valence-corrected chi connectivity index (χ3v) is 14.0. The monoisotopic (exact) mass is 846 g/mol. The summed E-state index contributed by atoms with van der Waals surface area (Å²) < 4.78 is 20.3. The number of rotatable bonds is 7. The van der Waals surface area contributed by atoms with Crippen molar-refractivity contribution in [2.75, 3.05) is 19.8 Å². The second-order valence-corrected chi connectivity index (χ2v) is 17.5. The number of aliphatic hydroxyl groups excluding tert-OH is 3. The van der Waals surface area contributed by atoms with E-state index in [1.807, 2.05) is 25.3 Å². The number of allylic oxidation sites excluding steroid dienone is 5. The number of nitrogens with one attached hydrogen (secondary N) is 3. The van der Waals surface area contributed by atoms with E-state index in [-0.39, 0.29) is 63.9 Å². The normalized spacial score (nSPS) is 28.9. The SMILES string of the molecule is CC=C(CO)C(=O)OC1Cc2c3c(c4oc(CO)cc(=O)c4c2O)C2C4=CCNC(N)=C4C(CCc4ccc(O)cc4C2CO)CC(CC2=CNC4NC(C)C=CC4=C2)C1(C)O3. The Kier molecular flexibility index (Phi) is 10.8. The molecule has 9 rings (SSSR count). The lowest BCUT2D eigenvalue weighted by Crippen LogP contribution is -2.57. The van der Waals surface area contributed by atoms with E-state index in [1.54, 1.807) is 19.1 Å². The zero-order valence-corrected chi connectivity index (χ0v) is 35.0. The van der Waals surface area contributed by atoms with Crippen LogP contribution in [0.1, 0.15) is 79.9 Å². The number of fused-ring (bicyclic) bond motifs is 6. The van der Waals surface area contributed by atoms with Gasteiger partial charge >= 0.3 is 5.97 Å². The number of dihydropyridines is 2. The van der Waals surface area contributed by atoms with Crippen molar-refractivity contribution in [1.29, 1.82) is 0 Å². The minimum atomic E-state index is -1.35. The van der Waals surface area contributed by atoms with Gasteiger partial charge in [0, 0.05) is 60.2 Å². The molecule has 1 aliphatic carbocycles. The van der Waals surface area contributed by atoms with Gasteiger partial charge in [0.05, 0.1) is 18.8 Å². The Morgan fingerprint density at radius 3 is 2.74 bits per heavy atom. The van der Waals surface area contributed by atoms with Crippen LogP contribution in [0.3, 0.4) is 0 Å². The summed E-state index contributed by atoms with van der Waals surface area (Å²) in [6.45, 7) is 4.42. The Hall–Kier alpha value is -5.80. The van der Waals surface area contributed by atoms with Crippen molar-refractivity contribution in [2.45, 2.75) is 95.2 Å². The van der Waals surface area contributed by atoms with Crippen LogP contribution in [0.5, 0.6) is 17.2 Å². The van der Waals surface area contributed by atoms with Crippen LogP contribution < -0.4 is 31.8 Å². The molecule has 10 N–H and O–H groups in total. The number of benzene rings is 2. The highest BCUT2D eigenvalue weighted by Crippen LogP contribution is 2.59. The molecular formula is C48H54N4O10. The third-order valence-electron chi connectivity index (χ3n) is 14.0.